The molecule has 0 saturated heterocycles. The molecule has 2 atom stereocenters. The fourth-order valence-electron chi connectivity index (χ4n) is 2.57. The van der Waals surface area contributed by atoms with Crippen LogP contribution >= 0.6 is 0 Å². The molecule has 21 heavy (non-hydrogen) atoms. The van der Waals surface area contributed by atoms with Crippen LogP contribution in [0.4, 0.5) is 23.2 Å². The van der Waals surface area contributed by atoms with E-state index in [0.29, 0.717) is 31.7 Å². The Hall–Kier alpha value is -1.79. The van der Waals surface area contributed by atoms with Crippen LogP contribution in [0.5, 0.6) is 0 Å². The molecule has 116 valence electrons. The number of rotatable bonds is 3. The van der Waals surface area contributed by atoms with Crippen LogP contribution in [0.3, 0.4) is 0 Å². The number of carboxylic acids is 1. The summed E-state index contributed by atoms with van der Waals surface area (Å²) in [5, 5.41) is 11.8. The molecule has 0 radical (unpaired) electrons. The minimum atomic E-state index is -4.58. The van der Waals surface area contributed by atoms with Crippen molar-refractivity contribution in [1.82, 2.24) is 0 Å². The highest BCUT2D eigenvalue weighted by atomic mass is 19.4. The molecule has 1 aromatic carbocycles. The molecule has 0 spiro atoms. The first-order valence-electron chi connectivity index (χ1n) is 6.63. The van der Waals surface area contributed by atoms with E-state index in [1.807, 2.05) is 0 Å². The molecule has 3 nitrogen and oxygen atoms in total. The molecule has 1 fully saturated rings. The highest BCUT2D eigenvalue weighted by Crippen LogP contribution is 2.32. The summed E-state index contributed by atoms with van der Waals surface area (Å²) in [5.41, 5.74) is -1.07. The molecule has 0 amide bonds. The smallest absolute Gasteiger partial charge is 0.416 e. The fraction of sp³-hybridized carbons (Fsp3) is 0.500. The van der Waals surface area contributed by atoms with Crippen LogP contribution in [-0.4, -0.2) is 17.1 Å². The number of benzene rings is 1. The molecule has 0 bridgehead atoms. The van der Waals surface area contributed by atoms with E-state index in [4.69, 9.17) is 5.11 Å². The number of anilines is 1. The van der Waals surface area contributed by atoms with Crippen molar-refractivity contribution in [2.24, 2.45) is 5.92 Å². The summed E-state index contributed by atoms with van der Waals surface area (Å²) in [6.45, 7) is 0. The maximum Gasteiger partial charge on any atom is 0.416 e. The number of halogens is 4. The minimum Gasteiger partial charge on any atom is -0.481 e. The van der Waals surface area contributed by atoms with Gasteiger partial charge in [-0.3, -0.25) is 4.79 Å². The zero-order chi connectivity index (χ0) is 15.6. The predicted molar refractivity (Wildman–Crippen MR) is 68.4 cm³/mol. The van der Waals surface area contributed by atoms with Crippen molar-refractivity contribution in [3.8, 4) is 0 Å². The number of aliphatic carboxylic acids is 1. The number of nitrogens with one attached hydrogen (secondary N) is 1. The molecule has 1 aliphatic rings. The third-order valence-corrected chi connectivity index (χ3v) is 3.68. The molecule has 1 saturated carbocycles. The van der Waals surface area contributed by atoms with Crippen molar-refractivity contribution in [2.45, 2.75) is 37.9 Å². The molecule has 0 heterocycles. The summed E-state index contributed by atoms with van der Waals surface area (Å²) in [6.07, 6.45) is -2.31. The van der Waals surface area contributed by atoms with Gasteiger partial charge in [-0.05, 0) is 37.5 Å². The Morgan fingerprint density at radius 3 is 2.57 bits per heavy atom. The van der Waals surface area contributed by atoms with E-state index in [1.54, 1.807) is 0 Å². The van der Waals surface area contributed by atoms with Crippen LogP contribution in [0.15, 0.2) is 18.2 Å². The van der Waals surface area contributed by atoms with Crippen molar-refractivity contribution >= 4 is 11.7 Å². The lowest BCUT2D eigenvalue weighted by Crippen LogP contribution is -2.31. The van der Waals surface area contributed by atoms with Gasteiger partial charge in [0.25, 0.3) is 0 Å². The minimum absolute atomic E-state index is 0.0287. The van der Waals surface area contributed by atoms with Crippen LogP contribution in [-0.2, 0) is 11.0 Å². The largest absolute Gasteiger partial charge is 0.481 e. The van der Waals surface area contributed by atoms with Crippen LogP contribution in [0.2, 0.25) is 0 Å². The van der Waals surface area contributed by atoms with E-state index in [-0.39, 0.29) is 11.7 Å². The second kappa shape index (κ2) is 5.91. The van der Waals surface area contributed by atoms with Gasteiger partial charge in [0.15, 0.2) is 0 Å². The lowest BCUT2D eigenvalue weighted by molar-refractivity contribution is -0.143. The Bertz CT molecular complexity index is 530. The predicted octanol–water partition coefficient (Wildman–Crippen LogP) is 3.90. The normalized spacial score (nSPS) is 22.9. The second-order valence-corrected chi connectivity index (χ2v) is 5.24. The Morgan fingerprint density at radius 2 is 2.00 bits per heavy atom. The van der Waals surface area contributed by atoms with E-state index in [9.17, 15) is 22.4 Å². The Morgan fingerprint density at radius 1 is 1.29 bits per heavy atom. The van der Waals surface area contributed by atoms with Gasteiger partial charge in [0.05, 0.1) is 17.2 Å². The molecule has 7 heteroatoms. The Labute approximate surface area is 119 Å². The zero-order valence-corrected chi connectivity index (χ0v) is 11.1. The van der Waals surface area contributed by atoms with Crippen molar-refractivity contribution in [1.29, 1.82) is 0 Å². The molecular weight excluding hydrogens is 290 g/mol. The topological polar surface area (TPSA) is 49.3 Å². The standard InChI is InChI=1S/C14H15F4NO2/c15-11-7-9(14(16,17)18)4-5-12(11)19-10-3-1-2-8(6-10)13(20)21/h4-5,7-8,10,19H,1-3,6H2,(H,20,21). The van der Waals surface area contributed by atoms with Gasteiger partial charge in [0, 0.05) is 6.04 Å². The summed E-state index contributed by atoms with van der Waals surface area (Å²) in [5.74, 6) is -2.37. The van der Waals surface area contributed by atoms with Gasteiger partial charge in [0.2, 0.25) is 0 Å². The SMILES string of the molecule is O=C(O)C1CCCC(Nc2ccc(C(F)(F)F)cc2F)C1. The highest BCUT2D eigenvalue weighted by molar-refractivity contribution is 5.70. The van der Waals surface area contributed by atoms with Crippen LogP contribution < -0.4 is 5.32 Å². The first kappa shape index (κ1) is 15.6. The first-order valence-corrected chi connectivity index (χ1v) is 6.63. The van der Waals surface area contributed by atoms with E-state index in [2.05, 4.69) is 5.32 Å². The van der Waals surface area contributed by atoms with Crippen LogP contribution in [0.1, 0.15) is 31.2 Å². The van der Waals surface area contributed by atoms with Crippen molar-refractivity contribution in [3.63, 3.8) is 0 Å². The molecule has 2 unspecified atom stereocenters. The molecule has 2 rings (SSSR count). The zero-order valence-electron chi connectivity index (χ0n) is 11.1. The van der Waals surface area contributed by atoms with Gasteiger partial charge in [-0.1, -0.05) is 6.42 Å². The monoisotopic (exact) mass is 305 g/mol. The Balaban J connectivity index is 2.08. The highest BCUT2D eigenvalue weighted by Gasteiger charge is 2.32. The van der Waals surface area contributed by atoms with Gasteiger partial charge in [-0.2, -0.15) is 13.2 Å². The molecule has 0 aromatic heterocycles. The molecule has 1 aromatic rings. The van der Waals surface area contributed by atoms with E-state index in [1.165, 1.54) is 0 Å². The van der Waals surface area contributed by atoms with Gasteiger partial charge in [0.1, 0.15) is 5.82 Å². The number of hydrogen-bond donors (Lipinski definition) is 2. The van der Waals surface area contributed by atoms with Gasteiger partial charge in [-0.25, -0.2) is 4.39 Å². The number of alkyl halides is 3. The third-order valence-electron chi connectivity index (χ3n) is 3.68. The lowest BCUT2D eigenvalue weighted by Gasteiger charge is -2.28. The quantitative estimate of drug-likeness (QED) is 0.833. The first-order chi connectivity index (χ1) is 9.77. The fourth-order valence-corrected chi connectivity index (χ4v) is 2.57. The van der Waals surface area contributed by atoms with Gasteiger partial charge < -0.3 is 10.4 Å². The Kier molecular flexibility index (Phi) is 4.39. The lowest BCUT2D eigenvalue weighted by atomic mass is 9.85. The van der Waals surface area contributed by atoms with Crippen molar-refractivity contribution < 1.29 is 27.5 Å². The second-order valence-electron chi connectivity index (χ2n) is 5.24. The maximum atomic E-state index is 13.7. The molecule has 2 N–H and O–H groups in total. The van der Waals surface area contributed by atoms with Crippen molar-refractivity contribution in [3.05, 3.63) is 29.6 Å². The number of carboxylic acid groups (broad SMARTS) is 1. The summed E-state index contributed by atoms with van der Waals surface area (Å²) < 4.78 is 51.1. The molecule has 1 aliphatic carbocycles. The average molecular weight is 305 g/mol. The summed E-state index contributed by atoms with van der Waals surface area (Å²) in [7, 11) is 0. The van der Waals surface area contributed by atoms with Crippen LogP contribution in [0.25, 0.3) is 0 Å². The van der Waals surface area contributed by atoms with Gasteiger partial charge >= 0.3 is 12.1 Å². The number of hydrogen-bond acceptors (Lipinski definition) is 2. The van der Waals surface area contributed by atoms with Crippen molar-refractivity contribution in [2.75, 3.05) is 5.32 Å². The number of carbonyl (C=O) groups is 1. The van der Waals surface area contributed by atoms with E-state index in [0.717, 1.165) is 12.1 Å². The van der Waals surface area contributed by atoms with Gasteiger partial charge in [-0.15, -0.1) is 0 Å². The maximum absolute atomic E-state index is 13.7. The average Bonchev–Trinajstić information content (AvgIpc) is 2.40. The van der Waals surface area contributed by atoms with Crippen LogP contribution in [0, 0.1) is 11.7 Å². The summed E-state index contributed by atoms with van der Waals surface area (Å²) >= 11 is 0. The third kappa shape index (κ3) is 3.86. The van der Waals surface area contributed by atoms with E-state index >= 15 is 0 Å². The van der Waals surface area contributed by atoms with E-state index < -0.39 is 29.4 Å². The summed E-state index contributed by atoms with van der Waals surface area (Å²) in [4.78, 5) is 10.9. The molecular formula is C14H15F4NO2. The molecule has 0 aliphatic heterocycles. The summed E-state index contributed by atoms with van der Waals surface area (Å²) in [6, 6.07) is 2.05.